The van der Waals surface area contributed by atoms with Crippen molar-refractivity contribution in [3.8, 4) is 0 Å². The highest BCUT2D eigenvalue weighted by atomic mass is 79.9. The van der Waals surface area contributed by atoms with Gasteiger partial charge in [0.1, 0.15) is 0 Å². The molecular weight excluding hydrogens is 321 g/mol. The highest BCUT2D eigenvalue weighted by Gasteiger charge is 2.33. The number of hydrogen-bond acceptors (Lipinski definition) is 2. The Morgan fingerprint density at radius 1 is 1.24 bits per heavy atom. The molecule has 7 heteroatoms. The van der Waals surface area contributed by atoms with Crippen LogP contribution in [-0.2, 0) is 16.0 Å². The van der Waals surface area contributed by atoms with Gasteiger partial charge in [-0.1, -0.05) is 15.9 Å². The van der Waals surface area contributed by atoms with Crippen molar-refractivity contribution >= 4 is 25.8 Å². The zero-order valence-electron chi connectivity index (χ0n) is 9.05. The van der Waals surface area contributed by atoms with Gasteiger partial charge in [-0.2, -0.15) is 13.2 Å². The van der Waals surface area contributed by atoms with E-state index in [4.69, 9.17) is 0 Å². The molecule has 0 spiro atoms. The zero-order valence-corrected chi connectivity index (χ0v) is 11.4. The summed E-state index contributed by atoms with van der Waals surface area (Å²) in [7, 11) is -3.56. The number of hydrogen-bond donors (Lipinski definition) is 0. The maximum Gasteiger partial charge on any atom is 0.417 e. The smallest absolute Gasteiger partial charge is 0.223 e. The zero-order chi connectivity index (χ0) is 13.4. The van der Waals surface area contributed by atoms with E-state index in [1.165, 1.54) is 13.8 Å². The molecular formula is C10H10BrF3O2S. The molecule has 0 N–H and O–H groups in total. The lowest BCUT2D eigenvalue weighted by Crippen LogP contribution is -2.15. The molecule has 0 radical (unpaired) electrons. The Balaban J connectivity index is 3.33. The fourth-order valence-electron chi connectivity index (χ4n) is 1.17. The van der Waals surface area contributed by atoms with Crippen molar-refractivity contribution < 1.29 is 21.6 Å². The number of rotatable bonds is 2. The van der Waals surface area contributed by atoms with Gasteiger partial charge in [-0.3, -0.25) is 0 Å². The first kappa shape index (κ1) is 14.5. The first-order valence-electron chi connectivity index (χ1n) is 4.67. The minimum Gasteiger partial charge on any atom is -0.223 e. The molecule has 0 bridgehead atoms. The average molecular weight is 331 g/mol. The number of sulfone groups is 1. The highest BCUT2D eigenvalue weighted by Crippen LogP contribution is 2.36. The van der Waals surface area contributed by atoms with Gasteiger partial charge in [0.05, 0.1) is 15.7 Å². The van der Waals surface area contributed by atoms with Crippen LogP contribution in [0.25, 0.3) is 0 Å². The van der Waals surface area contributed by atoms with Gasteiger partial charge in [-0.25, -0.2) is 8.42 Å². The third-order valence-electron chi connectivity index (χ3n) is 2.20. The molecule has 0 aromatic heterocycles. The van der Waals surface area contributed by atoms with Crippen molar-refractivity contribution in [1.82, 2.24) is 0 Å². The van der Waals surface area contributed by atoms with E-state index >= 15 is 0 Å². The Kier molecular flexibility index (Phi) is 3.93. The maximum absolute atomic E-state index is 12.5. The second-order valence-electron chi connectivity index (χ2n) is 3.73. The summed E-state index contributed by atoms with van der Waals surface area (Å²) in [4.78, 5) is -0.118. The van der Waals surface area contributed by atoms with Crippen molar-refractivity contribution in [2.75, 3.05) is 0 Å². The summed E-state index contributed by atoms with van der Waals surface area (Å²) in [6.07, 6.45) is -4.50. The third kappa shape index (κ3) is 3.01. The van der Waals surface area contributed by atoms with Crippen LogP contribution in [0.4, 0.5) is 13.2 Å². The molecule has 0 unspecified atom stereocenters. The van der Waals surface area contributed by atoms with Crippen LogP contribution in [0.15, 0.2) is 27.6 Å². The predicted octanol–water partition coefficient (Wildman–Crippen LogP) is 3.65. The topological polar surface area (TPSA) is 34.1 Å². The van der Waals surface area contributed by atoms with Crippen LogP contribution in [0.2, 0.25) is 0 Å². The van der Waals surface area contributed by atoms with Gasteiger partial charge in [0.15, 0.2) is 9.84 Å². The maximum atomic E-state index is 12.5. The molecule has 0 aliphatic carbocycles. The minimum absolute atomic E-state index is 0.118. The van der Waals surface area contributed by atoms with Crippen LogP contribution >= 0.6 is 15.9 Å². The van der Waals surface area contributed by atoms with Gasteiger partial charge in [-0.15, -0.1) is 0 Å². The fraction of sp³-hybridized carbons (Fsp3) is 0.400. The summed E-state index contributed by atoms with van der Waals surface area (Å²) in [5, 5.41) is -0.675. The van der Waals surface area contributed by atoms with Crippen LogP contribution in [-0.4, -0.2) is 13.7 Å². The fourth-order valence-corrected chi connectivity index (χ4v) is 3.01. The lowest BCUT2D eigenvalue weighted by Gasteiger charge is -2.12. The van der Waals surface area contributed by atoms with Crippen molar-refractivity contribution in [3.63, 3.8) is 0 Å². The monoisotopic (exact) mass is 330 g/mol. The second-order valence-corrected chi connectivity index (χ2v) is 7.09. The lowest BCUT2D eigenvalue weighted by atomic mass is 10.2. The molecule has 0 amide bonds. The first-order valence-corrected chi connectivity index (χ1v) is 7.01. The van der Waals surface area contributed by atoms with Gasteiger partial charge in [0.25, 0.3) is 0 Å². The van der Waals surface area contributed by atoms with E-state index in [2.05, 4.69) is 15.9 Å². The summed E-state index contributed by atoms with van der Waals surface area (Å²) < 4.78 is 60.6. The number of halogens is 4. The molecule has 1 aromatic rings. The highest BCUT2D eigenvalue weighted by molar-refractivity contribution is 9.10. The standard InChI is InChI=1S/C10H10BrF3O2S/c1-6(2)17(15,16)7-3-4-8(9(11)5-7)10(12,13)14/h3-6H,1-2H3. The van der Waals surface area contributed by atoms with Crippen molar-refractivity contribution in [3.05, 3.63) is 28.2 Å². The summed E-state index contributed by atoms with van der Waals surface area (Å²) >= 11 is 2.74. The van der Waals surface area contributed by atoms with Gasteiger partial charge in [-0.05, 0) is 32.0 Å². The van der Waals surface area contributed by atoms with E-state index in [9.17, 15) is 21.6 Å². The predicted molar refractivity (Wildman–Crippen MR) is 61.5 cm³/mol. The van der Waals surface area contributed by atoms with E-state index in [0.29, 0.717) is 0 Å². The summed E-state index contributed by atoms with van der Waals surface area (Å²) in [6.45, 7) is 2.95. The quantitative estimate of drug-likeness (QED) is 0.829. The Hall–Kier alpha value is -0.560. The molecule has 0 aliphatic rings. The normalized spacial score (nSPS) is 13.1. The first-order chi connectivity index (χ1) is 7.56. The molecule has 2 nitrogen and oxygen atoms in total. The van der Waals surface area contributed by atoms with E-state index in [0.717, 1.165) is 18.2 Å². The minimum atomic E-state index is -4.50. The second kappa shape index (κ2) is 4.61. The van der Waals surface area contributed by atoms with Crippen LogP contribution in [0.1, 0.15) is 19.4 Å². The van der Waals surface area contributed by atoms with E-state index in [1.54, 1.807) is 0 Å². The Bertz CT molecular complexity index is 521. The van der Waals surface area contributed by atoms with Crippen molar-refractivity contribution in [2.45, 2.75) is 30.2 Å². The molecule has 0 aliphatic heterocycles. The van der Waals surface area contributed by atoms with Gasteiger partial charge >= 0.3 is 6.18 Å². The van der Waals surface area contributed by atoms with Gasteiger partial charge in [0.2, 0.25) is 0 Å². The SMILES string of the molecule is CC(C)S(=O)(=O)c1ccc(C(F)(F)F)c(Br)c1. The number of alkyl halides is 3. The molecule has 1 rings (SSSR count). The van der Waals surface area contributed by atoms with Crippen LogP contribution in [0, 0.1) is 0 Å². The summed E-state index contributed by atoms with van der Waals surface area (Å²) in [5.74, 6) is 0. The summed E-state index contributed by atoms with van der Waals surface area (Å²) in [6, 6.07) is 2.72. The Morgan fingerprint density at radius 3 is 2.12 bits per heavy atom. The van der Waals surface area contributed by atoms with Crippen LogP contribution in [0.5, 0.6) is 0 Å². The van der Waals surface area contributed by atoms with Crippen LogP contribution in [0.3, 0.4) is 0 Å². The van der Waals surface area contributed by atoms with E-state index < -0.39 is 26.8 Å². The molecule has 96 valence electrons. The average Bonchev–Trinajstić information content (AvgIpc) is 2.15. The molecule has 0 saturated heterocycles. The molecule has 1 aromatic carbocycles. The Labute approximate surface area is 106 Å². The lowest BCUT2D eigenvalue weighted by molar-refractivity contribution is -0.138. The third-order valence-corrected chi connectivity index (χ3v) is 5.00. The summed E-state index contributed by atoms with van der Waals surface area (Å²) in [5.41, 5.74) is -0.889. The van der Waals surface area contributed by atoms with E-state index in [-0.39, 0.29) is 9.37 Å². The van der Waals surface area contributed by atoms with Gasteiger partial charge < -0.3 is 0 Å². The number of benzene rings is 1. The van der Waals surface area contributed by atoms with Crippen molar-refractivity contribution in [1.29, 1.82) is 0 Å². The van der Waals surface area contributed by atoms with Crippen LogP contribution < -0.4 is 0 Å². The molecule has 17 heavy (non-hydrogen) atoms. The van der Waals surface area contributed by atoms with E-state index in [1.807, 2.05) is 0 Å². The molecule has 0 atom stereocenters. The molecule has 0 fully saturated rings. The molecule has 0 saturated carbocycles. The Morgan fingerprint density at radius 2 is 1.76 bits per heavy atom. The van der Waals surface area contributed by atoms with Crippen molar-refractivity contribution in [2.24, 2.45) is 0 Å². The van der Waals surface area contributed by atoms with Gasteiger partial charge in [0, 0.05) is 4.47 Å². The largest absolute Gasteiger partial charge is 0.417 e. The molecule has 0 heterocycles.